The van der Waals surface area contributed by atoms with E-state index in [-0.39, 0.29) is 127 Å². The van der Waals surface area contributed by atoms with Gasteiger partial charge >= 0.3 is 0 Å². The molecule has 0 heteroatoms. The molecule has 6 fully saturated rings. The lowest BCUT2D eigenvalue weighted by molar-refractivity contribution is 0.420. The molecule has 0 aromatic heterocycles. The fraction of sp³-hybridized carbons (Fsp3) is 0.496. The van der Waals surface area contributed by atoms with Crippen molar-refractivity contribution in [1.82, 2.24) is 0 Å². The van der Waals surface area contributed by atoms with E-state index in [1.807, 2.05) is 65.8 Å². The smallest absolute Gasteiger partial charge is 0.0622 e. The van der Waals surface area contributed by atoms with Crippen LogP contribution in [-0.4, -0.2) is 0 Å². The molecule has 700 valence electrons. The van der Waals surface area contributed by atoms with Crippen molar-refractivity contribution in [3.05, 3.63) is 344 Å². The Morgan fingerprint density at radius 1 is 0.206 bits per heavy atom. The molecule has 0 heterocycles. The van der Waals surface area contributed by atoms with Crippen LogP contribution < -0.4 is 0 Å². The van der Waals surface area contributed by atoms with Crippen LogP contribution in [0.4, 0.5) is 0 Å². The first-order chi connectivity index (χ1) is 69.3. The molecule has 0 saturated heterocycles. The van der Waals surface area contributed by atoms with Crippen molar-refractivity contribution in [3.63, 3.8) is 0 Å². The lowest BCUT2D eigenvalue weighted by atomic mass is 9.70. The summed E-state index contributed by atoms with van der Waals surface area (Å²) < 4.78 is 141. The molecule has 6 aliphatic carbocycles. The van der Waals surface area contributed by atoms with Gasteiger partial charge in [-0.25, -0.2) is 0 Å². The maximum absolute atomic E-state index is 9.20. The second-order valence-corrected chi connectivity index (χ2v) is 45.6. The maximum atomic E-state index is 9.20. The first-order valence-electron chi connectivity index (χ1n) is 59.4. The van der Waals surface area contributed by atoms with Crippen molar-refractivity contribution in [3.8, 4) is 44.5 Å². The molecule has 0 bridgehead atoms. The van der Waals surface area contributed by atoms with Crippen molar-refractivity contribution in [2.45, 2.75) is 418 Å². The molecular formula is C131H176. The predicted octanol–water partition coefficient (Wildman–Crippen LogP) is 40.2. The van der Waals surface area contributed by atoms with E-state index in [0.29, 0.717) is 22.3 Å². The van der Waals surface area contributed by atoms with Crippen LogP contribution in [0.3, 0.4) is 0 Å². The highest BCUT2D eigenvalue weighted by Crippen LogP contribution is 2.49. The van der Waals surface area contributed by atoms with E-state index in [9.17, 15) is 2.74 Å². The van der Waals surface area contributed by atoms with Crippen molar-refractivity contribution in [2.75, 3.05) is 0 Å². The molecule has 6 saturated carbocycles. The van der Waals surface area contributed by atoms with E-state index >= 15 is 0 Å². The van der Waals surface area contributed by atoms with Gasteiger partial charge in [-0.2, -0.15) is 0 Å². The minimum absolute atomic E-state index is 0.0110. The quantitative estimate of drug-likeness (QED) is 0.128. The number of hydrogen-bond donors (Lipinski definition) is 0. The molecule has 6 aliphatic rings. The Labute approximate surface area is 826 Å². The SMILES string of the molecule is CC(C)(C)c1c(C2CCCCC2)cccc1C1CCCCC1.CC(C)(C)c1ccccc1-c1ccccc1.CC(C)(C)c1ccccc1C1CCCCC1.[2H]C1(c2cccc(C3([2H])CCCCC3)c2C(C)(C)C)CCCCC1.[2H]C1(c2ccccc2C(C)(C)C)CCCCC1.[2H]c1c([2H])c([2H])c(-c2cccc(-c3c([2H])c([2H])c([2H])c(C)c3[2H])c2C(C)(C)C)c([2H])c1[2H].[2H]c1c([2H])c([2H])c(-c2ccccc2C(C)(C)C)c([2H])c1[2H]. The predicted molar refractivity (Wildman–Crippen MR) is 577 cm³/mol. The Balaban J connectivity index is 0.000000166. The number of hydrogen-bond acceptors (Lipinski definition) is 0. The van der Waals surface area contributed by atoms with Gasteiger partial charge in [-0.3, -0.25) is 0 Å². The Hall–Kier alpha value is -8.58. The molecule has 0 radical (unpaired) electrons. The van der Waals surface area contributed by atoms with E-state index in [4.69, 9.17) is 20.6 Å². The van der Waals surface area contributed by atoms with E-state index in [1.54, 1.807) is 52.9 Å². The number of benzene rings is 11. The van der Waals surface area contributed by atoms with Gasteiger partial charge in [-0.05, 0) is 274 Å². The van der Waals surface area contributed by atoms with Crippen LogP contribution in [0.2, 0.25) is 0 Å². The van der Waals surface area contributed by atoms with Gasteiger partial charge in [0.2, 0.25) is 0 Å². The summed E-state index contributed by atoms with van der Waals surface area (Å²) in [5.74, 6) is 1.26. The third-order valence-electron chi connectivity index (χ3n) is 27.8. The summed E-state index contributed by atoms with van der Waals surface area (Å²) >= 11 is 0. The van der Waals surface area contributed by atoms with Crippen LogP contribution in [-0.2, 0) is 37.9 Å². The van der Waals surface area contributed by atoms with Crippen LogP contribution in [0.15, 0.2) is 267 Å². The molecule has 0 unspecified atom stereocenters. The zero-order valence-corrected chi connectivity index (χ0v) is 85.3. The summed E-state index contributed by atoms with van der Waals surface area (Å²) in [5, 5.41) is 0. The first-order valence-corrected chi connectivity index (χ1v) is 50.9. The summed E-state index contributed by atoms with van der Waals surface area (Å²) in [6.07, 6.45) is 38.3. The molecule has 0 aliphatic heterocycles. The van der Waals surface area contributed by atoms with Gasteiger partial charge in [0.05, 0.1) is 19.2 Å². The van der Waals surface area contributed by atoms with Crippen molar-refractivity contribution >= 4 is 0 Å². The molecule has 131 heavy (non-hydrogen) atoms. The maximum Gasteiger partial charge on any atom is 0.0632 e. The van der Waals surface area contributed by atoms with Crippen LogP contribution >= 0.6 is 0 Å². The van der Waals surface area contributed by atoms with Crippen LogP contribution in [0.1, 0.15) is 475 Å². The van der Waals surface area contributed by atoms with Crippen molar-refractivity contribution < 1.29 is 23.3 Å². The van der Waals surface area contributed by atoms with Gasteiger partial charge in [0.1, 0.15) is 0 Å². The average molecular weight is 1770 g/mol. The fourth-order valence-electron chi connectivity index (χ4n) is 21.5. The fourth-order valence-corrected chi connectivity index (χ4v) is 21.5. The molecule has 0 nitrogen and oxygen atoms in total. The molecule has 17 rings (SSSR count). The van der Waals surface area contributed by atoms with Gasteiger partial charge in [-0.1, -0.05) is 533 Å². The normalized spacial score (nSPS) is 19.3. The van der Waals surface area contributed by atoms with Gasteiger partial charge < -0.3 is 0 Å². The third-order valence-corrected chi connectivity index (χ3v) is 27.8. The van der Waals surface area contributed by atoms with Gasteiger partial charge in [0.15, 0.2) is 0 Å². The summed E-state index contributed by atoms with van der Waals surface area (Å²) in [6.45, 7) is 48.0. The molecule has 0 spiro atoms. The topological polar surface area (TPSA) is 0 Å². The summed E-state index contributed by atoms with van der Waals surface area (Å²) in [4.78, 5) is 0. The molecule has 11 aromatic carbocycles. The lowest BCUT2D eigenvalue weighted by Gasteiger charge is -2.35. The monoisotopic (exact) mass is 1770 g/mol. The minimum Gasteiger partial charge on any atom is -0.0622 e. The van der Waals surface area contributed by atoms with Gasteiger partial charge in [-0.15, -0.1) is 0 Å². The number of rotatable bonds is 10. The van der Waals surface area contributed by atoms with E-state index < -0.39 is 35.3 Å². The van der Waals surface area contributed by atoms with E-state index in [2.05, 4.69) is 243 Å². The second kappa shape index (κ2) is 48.1. The molecule has 0 N–H and O–H groups in total. The Bertz CT molecular complexity index is 6020. The second-order valence-electron chi connectivity index (χ2n) is 45.6. The van der Waals surface area contributed by atoms with Crippen LogP contribution in [0, 0.1) is 6.92 Å². The largest absolute Gasteiger partial charge is 0.0632 e. The van der Waals surface area contributed by atoms with Crippen LogP contribution in [0.5, 0.6) is 0 Å². The highest BCUT2D eigenvalue weighted by molar-refractivity contribution is 5.80. The molecule has 11 aromatic rings. The van der Waals surface area contributed by atoms with Gasteiger partial charge in [0.25, 0.3) is 0 Å². The first kappa shape index (κ1) is 80.8. The Morgan fingerprint density at radius 2 is 0.473 bits per heavy atom. The molecule has 0 atom stereocenters. The minimum atomic E-state index is -0.594. The summed E-state index contributed by atoms with van der Waals surface area (Å²) in [6, 6.07) is 59.3. The summed E-state index contributed by atoms with van der Waals surface area (Å²) in [5.41, 5.74) is 22.8. The summed E-state index contributed by atoms with van der Waals surface area (Å²) in [7, 11) is 0. The third kappa shape index (κ3) is 29.7. The Kier molecular flexibility index (Phi) is 29.7. The zero-order valence-electron chi connectivity index (χ0n) is 102. The van der Waals surface area contributed by atoms with E-state index in [0.717, 1.165) is 61.8 Å². The highest BCUT2D eigenvalue weighted by atomic mass is 14.4. The van der Waals surface area contributed by atoms with Crippen LogP contribution in [0.25, 0.3) is 44.5 Å². The van der Waals surface area contributed by atoms with Crippen molar-refractivity contribution in [2.24, 2.45) is 0 Å². The zero-order chi connectivity index (χ0) is 109. The molecular weight excluding hydrogens is 1570 g/mol. The highest BCUT2D eigenvalue weighted by Gasteiger charge is 2.34. The lowest BCUT2D eigenvalue weighted by Crippen LogP contribution is -2.22. The molecule has 0 amide bonds. The van der Waals surface area contributed by atoms with E-state index in [1.165, 1.54) is 199 Å². The van der Waals surface area contributed by atoms with Crippen molar-refractivity contribution in [1.29, 1.82) is 0 Å². The standard InChI is InChI=1S/C23H24.2C22H34.2C16H24.2C16H18/c1-17-10-8-13-19(16-17)21-15-9-14-20(22(21)23(2,3)4)18-11-6-5-7-12-18;2*1-22(2,3)21-19(17-11-6-4-7-12-17)15-10-16-20(21)18-13-8-5-9-14-18;4*1-16(2,3)15-12-8-7-11-14(15)13-9-5-4-6-10-13/h5-16H,1-4H3;2*10,15-18H,4-9,11-14H2,1-3H3;2*7-8,11-13H,4-6,9-10H2,1-3H3;2*4-12H,1-3H3/i5D,6D,7D,8D,10D,11D,12D,13D,16D;17D,18D;;13D;;4D,5D,6D,9D,10D;. The Morgan fingerprint density at radius 3 is 0.863 bits per heavy atom. The average Bonchev–Trinajstić information content (AvgIpc) is 0.747. The van der Waals surface area contributed by atoms with Gasteiger partial charge in [0, 0.05) is 4.11 Å².